The first-order chi connectivity index (χ1) is 15.6. The highest BCUT2D eigenvalue weighted by Crippen LogP contribution is 2.37. The summed E-state index contributed by atoms with van der Waals surface area (Å²) in [4.78, 5) is 24.8. The second-order valence-electron chi connectivity index (χ2n) is 8.86. The maximum Gasteiger partial charge on any atom is 0.251 e. The number of nitrogens with one attached hydrogen (secondary N) is 3. The predicted molar refractivity (Wildman–Crippen MR) is 123 cm³/mol. The average Bonchev–Trinajstić information content (AvgIpc) is 3.45. The summed E-state index contributed by atoms with van der Waals surface area (Å²) in [6, 6.07) is 6.39. The number of anilines is 1. The number of hydrogen-bond donors (Lipinski definition) is 4. The lowest BCUT2D eigenvalue weighted by molar-refractivity contribution is 0.0951. The van der Waals surface area contributed by atoms with Gasteiger partial charge >= 0.3 is 0 Å². The number of nitrogens with two attached hydrogens (primary N) is 1. The van der Waals surface area contributed by atoms with Crippen molar-refractivity contribution in [1.29, 1.82) is 0 Å². The molecule has 5 N–H and O–H groups in total. The van der Waals surface area contributed by atoms with Gasteiger partial charge in [-0.3, -0.25) is 4.79 Å². The first-order valence-corrected chi connectivity index (χ1v) is 11.2. The van der Waals surface area contributed by atoms with E-state index < -0.39 is 0 Å². The number of rotatable bonds is 4. The Bertz CT molecular complexity index is 1340. The maximum atomic E-state index is 12.5. The van der Waals surface area contributed by atoms with Gasteiger partial charge in [-0.2, -0.15) is 5.10 Å². The molecule has 1 aliphatic carbocycles. The Labute approximate surface area is 184 Å². The van der Waals surface area contributed by atoms with Crippen LogP contribution in [0.2, 0.25) is 0 Å². The molecule has 0 unspecified atom stereocenters. The maximum absolute atomic E-state index is 12.5. The molecule has 1 saturated carbocycles. The van der Waals surface area contributed by atoms with Gasteiger partial charge in [0.05, 0.1) is 17.1 Å². The lowest BCUT2D eigenvalue weighted by Gasteiger charge is -2.23. The smallest absolute Gasteiger partial charge is 0.251 e. The van der Waals surface area contributed by atoms with E-state index >= 15 is 0 Å². The fourth-order valence-electron chi connectivity index (χ4n) is 4.69. The summed E-state index contributed by atoms with van der Waals surface area (Å²) in [7, 11) is 0. The highest BCUT2D eigenvalue weighted by atomic mass is 16.1. The van der Waals surface area contributed by atoms with Crippen molar-refractivity contribution in [2.75, 3.05) is 18.8 Å². The second-order valence-corrected chi connectivity index (χ2v) is 8.86. The zero-order chi connectivity index (χ0) is 21.8. The molecule has 0 spiro atoms. The summed E-state index contributed by atoms with van der Waals surface area (Å²) in [5, 5.41) is 13.3. The summed E-state index contributed by atoms with van der Waals surface area (Å²) in [5.74, 6) is 0.397. The number of hydrogen-bond acceptors (Lipinski definition) is 6. The van der Waals surface area contributed by atoms with Gasteiger partial charge in [-0.15, -0.1) is 0 Å². The molecule has 9 heteroatoms. The number of carbonyl (C=O) groups is 1. The van der Waals surface area contributed by atoms with E-state index in [4.69, 9.17) is 10.8 Å². The van der Waals surface area contributed by atoms with Gasteiger partial charge in [0, 0.05) is 22.5 Å². The Balaban J connectivity index is 1.48. The van der Waals surface area contributed by atoms with Gasteiger partial charge in [0.1, 0.15) is 17.8 Å². The molecule has 1 amide bonds. The largest absolute Gasteiger partial charge is 0.383 e. The molecule has 1 aromatic carbocycles. The lowest BCUT2D eigenvalue weighted by Crippen LogP contribution is -2.30. The highest BCUT2D eigenvalue weighted by molar-refractivity contribution is 6.03. The molecule has 2 aliphatic rings. The third-order valence-electron chi connectivity index (χ3n) is 6.64. The van der Waals surface area contributed by atoms with Gasteiger partial charge < -0.3 is 21.4 Å². The number of aromatic amines is 1. The number of H-pyrrole nitrogens is 1. The second kappa shape index (κ2) is 7.30. The zero-order valence-corrected chi connectivity index (χ0v) is 18.0. The molecule has 1 aliphatic heterocycles. The molecule has 1 saturated heterocycles. The number of aromatic nitrogens is 5. The van der Waals surface area contributed by atoms with Crippen LogP contribution in [-0.4, -0.2) is 49.8 Å². The Morgan fingerprint density at radius 1 is 1.19 bits per heavy atom. The van der Waals surface area contributed by atoms with Crippen molar-refractivity contribution in [3.63, 3.8) is 0 Å². The minimum Gasteiger partial charge on any atom is -0.383 e. The number of nitrogens with zero attached hydrogens (tertiary/aromatic N) is 4. The Morgan fingerprint density at radius 2 is 2.00 bits per heavy atom. The lowest BCUT2D eigenvalue weighted by atomic mass is 10.1. The summed E-state index contributed by atoms with van der Waals surface area (Å²) in [5.41, 5.74) is 11.4. The van der Waals surface area contributed by atoms with Crippen LogP contribution in [0.4, 0.5) is 5.82 Å². The van der Waals surface area contributed by atoms with Gasteiger partial charge in [-0.25, -0.2) is 14.6 Å². The minimum absolute atomic E-state index is 0.0264. The number of fused-ring (bicyclic) bond motifs is 2. The van der Waals surface area contributed by atoms with E-state index in [0.29, 0.717) is 17.4 Å². The van der Waals surface area contributed by atoms with E-state index in [2.05, 4.69) is 32.5 Å². The van der Waals surface area contributed by atoms with E-state index in [1.54, 1.807) is 0 Å². The molecule has 0 bridgehead atoms. The number of benzene rings is 1. The van der Waals surface area contributed by atoms with E-state index in [1.807, 2.05) is 22.9 Å². The van der Waals surface area contributed by atoms with Gasteiger partial charge in [0.2, 0.25) is 0 Å². The summed E-state index contributed by atoms with van der Waals surface area (Å²) < 4.78 is 2.02. The van der Waals surface area contributed by atoms with Crippen LogP contribution in [0.5, 0.6) is 0 Å². The third-order valence-corrected chi connectivity index (χ3v) is 6.64. The molecule has 9 nitrogen and oxygen atoms in total. The Morgan fingerprint density at radius 3 is 2.78 bits per heavy atom. The fraction of sp³-hybridized carbons (Fsp3) is 0.391. The van der Waals surface area contributed by atoms with Crippen molar-refractivity contribution in [2.24, 2.45) is 0 Å². The number of aryl methyl sites for hydroxylation is 1. The molecule has 3 aromatic heterocycles. The summed E-state index contributed by atoms with van der Waals surface area (Å²) >= 11 is 0. The van der Waals surface area contributed by atoms with Crippen LogP contribution in [0, 0.1) is 6.92 Å². The molecule has 4 heterocycles. The molecule has 6 rings (SSSR count). The molecule has 4 aromatic rings. The topological polar surface area (TPSA) is 127 Å². The Hall–Kier alpha value is -3.46. The molecule has 32 heavy (non-hydrogen) atoms. The fourth-order valence-corrected chi connectivity index (χ4v) is 4.69. The molecular formula is C23H26N8O. The number of nitrogen functional groups attached to an aromatic ring is 1. The van der Waals surface area contributed by atoms with Crippen LogP contribution in [0.3, 0.4) is 0 Å². The average molecular weight is 431 g/mol. The van der Waals surface area contributed by atoms with E-state index in [9.17, 15) is 4.79 Å². The van der Waals surface area contributed by atoms with E-state index in [0.717, 1.165) is 77.7 Å². The van der Waals surface area contributed by atoms with Crippen molar-refractivity contribution in [3.05, 3.63) is 35.7 Å². The number of carbonyl (C=O) groups excluding carboxylic acids is 1. The van der Waals surface area contributed by atoms with Crippen LogP contribution >= 0.6 is 0 Å². The SMILES string of the molecule is Cc1c(-c2nn(C3CCNCC3)c3ncnc(N)c23)[nH]c2cc(C(=O)NC3CC3)ccc12. The summed E-state index contributed by atoms with van der Waals surface area (Å²) in [6.07, 6.45) is 5.62. The molecule has 2 fully saturated rings. The highest BCUT2D eigenvalue weighted by Gasteiger charge is 2.26. The van der Waals surface area contributed by atoms with Crippen LogP contribution in [0.15, 0.2) is 24.5 Å². The van der Waals surface area contributed by atoms with Crippen LogP contribution < -0.4 is 16.4 Å². The first-order valence-electron chi connectivity index (χ1n) is 11.2. The molecule has 164 valence electrons. The Kier molecular flexibility index (Phi) is 4.39. The van der Waals surface area contributed by atoms with Crippen LogP contribution in [0.1, 0.15) is 47.6 Å². The van der Waals surface area contributed by atoms with Gasteiger partial charge in [0.15, 0.2) is 5.65 Å². The van der Waals surface area contributed by atoms with E-state index in [-0.39, 0.29) is 11.9 Å². The van der Waals surface area contributed by atoms with Crippen LogP contribution in [0.25, 0.3) is 33.3 Å². The molecule has 0 radical (unpaired) electrons. The van der Waals surface area contributed by atoms with Crippen molar-refractivity contribution in [1.82, 2.24) is 35.4 Å². The number of piperidine rings is 1. The van der Waals surface area contributed by atoms with Crippen LogP contribution in [-0.2, 0) is 0 Å². The molecular weight excluding hydrogens is 404 g/mol. The van der Waals surface area contributed by atoms with Crippen molar-refractivity contribution in [3.8, 4) is 11.4 Å². The first kappa shape index (κ1) is 19.2. The zero-order valence-electron chi connectivity index (χ0n) is 18.0. The normalized spacial score (nSPS) is 17.3. The van der Waals surface area contributed by atoms with Crippen molar-refractivity contribution < 1.29 is 4.79 Å². The third kappa shape index (κ3) is 3.12. The quantitative estimate of drug-likeness (QED) is 0.394. The standard InChI is InChI=1S/C23H26N8O/c1-12-16-5-2-13(23(32)28-14-3-4-14)10-17(16)29-19(12)20-18-21(24)26-11-27-22(18)31(30-20)15-6-8-25-9-7-15/h2,5,10-11,14-15,25,29H,3-4,6-9H2,1H3,(H,28,32)(H2,24,26,27). The monoisotopic (exact) mass is 430 g/mol. The van der Waals surface area contributed by atoms with Crippen molar-refractivity contribution >= 4 is 33.7 Å². The van der Waals surface area contributed by atoms with Crippen molar-refractivity contribution in [2.45, 2.75) is 44.7 Å². The number of amides is 1. The van der Waals surface area contributed by atoms with Gasteiger partial charge in [0.25, 0.3) is 5.91 Å². The van der Waals surface area contributed by atoms with Gasteiger partial charge in [-0.05, 0) is 63.4 Å². The van der Waals surface area contributed by atoms with Gasteiger partial charge in [-0.1, -0.05) is 6.07 Å². The van der Waals surface area contributed by atoms with E-state index in [1.165, 1.54) is 6.33 Å². The molecule has 0 atom stereocenters. The predicted octanol–water partition coefficient (Wildman–Crippen LogP) is 2.68. The minimum atomic E-state index is -0.0264. The summed E-state index contributed by atoms with van der Waals surface area (Å²) in [6.45, 7) is 3.98.